The van der Waals surface area contributed by atoms with Crippen LogP contribution in [-0.4, -0.2) is 57.5 Å². The molecule has 3 rings (SSSR count). The lowest BCUT2D eigenvalue weighted by atomic mass is 9.93. The second-order valence-electron chi connectivity index (χ2n) is 8.62. The number of aryl methyl sites for hydroxylation is 1. The highest BCUT2D eigenvalue weighted by atomic mass is 16.6. The summed E-state index contributed by atoms with van der Waals surface area (Å²) in [7, 11) is 1.24. The van der Waals surface area contributed by atoms with Gasteiger partial charge in [-0.1, -0.05) is 30.3 Å². The predicted octanol–water partition coefficient (Wildman–Crippen LogP) is 3.53. The van der Waals surface area contributed by atoms with Crippen molar-refractivity contribution in [1.29, 1.82) is 0 Å². The summed E-state index contributed by atoms with van der Waals surface area (Å²) in [6, 6.07) is 11.8. The number of aromatic nitrogens is 1. The van der Waals surface area contributed by atoms with Crippen molar-refractivity contribution in [2.24, 2.45) is 4.99 Å². The van der Waals surface area contributed by atoms with Gasteiger partial charge >= 0.3 is 12.1 Å². The molecule has 0 radical (unpaired) electrons. The molecule has 0 N–H and O–H groups in total. The first-order chi connectivity index (χ1) is 15.6. The topological polar surface area (TPSA) is 124 Å². The van der Waals surface area contributed by atoms with Gasteiger partial charge < -0.3 is 9.47 Å². The number of amidine groups is 1. The Hall–Kier alpha value is -3.82. The molecule has 0 unspecified atom stereocenters. The normalized spacial score (nSPS) is 17.9. The maximum atomic E-state index is 13.0. The summed E-state index contributed by atoms with van der Waals surface area (Å²) in [5, 5.41) is 11.4. The number of rotatable bonds is 6. The van der Waals surface area contributed by atoms with Crippen molar-refractivity contribution >= 4 is 23.6 Å². The number of nitro groups is 1. The molecule has 33 heavy (non-hydrogen) atoms. The minimum atomic E-state index is -1.47. The molecule has 1 aliphatic heterocycles. The number of nitrogens with zero attached hydrogens (tertiary/aromatic N) is 4. The van der Waals surface area contributed by atoms with Gasteiger partial charge in [-0.15, -0.1) is 0 Å². The number of amides is 1. The fourth-order valence-corrected chi connectivity index (χ4v) is 3.56. The molecule has 1 aliphatic rings. The average molecular weight is 454 g/mol. The van der Waals surface area contributed by atoms with Crippen LogP contribution in [0.2, 0.25) is 0 Å². The van der Waals surface area contributed by atoms with Gasteiger partial charge in [0.1, 0.15) is 17.1 Å². The van der Waals surface area contributed by atoms with E-state index in [0.29, 0.717) is 5.56 Å². The van der Waals surface area contributed by atoms with Crippen LogP contribution < -0.4 is 0 Å². The summed E-state index contributed by atoms with van der Waals surface area (Å²) < 4.78 is 10.6. The molecule has 0 aliphatic carbocycles. The lowest BCUT2D eigenvalue weighted by molar-refractivity contribution is -0.385. The molecule has 0 fully saturated rings. The Morgan fingerprint density at radius 3 is 2.48 bits per heavy atom. The average Bonchev–Trinajstić information content (AvgIpc) is 3.18. The van der Waals surface area contributed by atoms with Crippen LogP contribution in [-0.2, 0) is 20.7 Å². The van der Waals surface area contributed by atoms with Crippen molar-refractivity contribution in [2.75, 3.05) is 13.7 Å². The number of hydrogen-bond donors (Lipinski definition) is 0. The third kappa shape index (κ3) is 5.33. The van der Waals surface area contributed by atoms with E-state index >= 15 is 0 Å². The van der Waals surface area contributed by atoms with Crippen LogP contribution in [0.4, 0.5) is 10.5 Å². The van der Waals surface area contributed by atoms with E-state index in [4.69, 9.17) is 9.47 Å². The lowest BCUT2D eigenvalue weighted by Crippen LogP contribution is -2.47. The summed E-state index contributed by atoms with van der Waals surface area (Å²) >= 11 is 0. The van der Waals surface area contributed by atoms with Crippen molar-refractivity contribution in [3.05, 3.63) is 70.0 Å². The number of carbonyl (C=O) groups excluding carboxylic acids is 2. The van der Waals surface area contributed by atoms with Gasteiger partial charge in [0.25, 0.3) is 5.69 Å². The molecule has 1 amide bonds. The van der Waals surface area contributed by atoms with E-state index < -0.39 is 28.1 Å². The third-order valence-corrected chi connectivity index (χ3v) is 5.04. The molecule has 0 saturated heterocycles. The number of benzene rings is 1. The molecule has 2 aromatic rings. The SMILES string of the molecule is COC(=O)[C@]1(CCc2ncccc2[N+](=O)[O-])CN(C(=O)OC(C)(C)C)C(c2ccccc2)=N1. The Bertz CT molecular complexity index is 1080. The van der Waals surface area contributed by atoms with E-state index in [-0.39, 0.29) is 36.6 Å². The number of hydrogen-bond acceptors (Lipinski definition) is 8. The highest BCUT2D eigenvalue weighted by Crippen LogP contribution is 2.32. The molecule has 174 valence electrons. The summed E-state index contributed by atoms with van der Waals surface area (Å²) in [5.41, 5.74) is -1.53. The highest BCUT2D eigenvalue weighted by molar-refractivity contribution is 6.10. The molecule has 10 nitrogen and oxygen atoms in total. The van der Waals surface area contributed by atoms with E-state index in [1.807, 2.05) is 6.07 Å². The van der Waals surface area contributed by atoms with Gasteiger partial charge in [0.15, 0.2) is 5.54 Å². The van der Waals surface area contributed by atoms with Crippen LogP contribution >= 0.6 is 0 Å². The summed E-state index contributed by atoms with van der Waals surface area (Å²) in [4.78, 5) is 46.9. The molecule has 0 bridgehead atoms. The zero-order valence-electron chi connectivity index (χ0n) is 19.0. The van der Waals surface area contributed by atoms with Gasteiger partial charge in [0.05, 0.1) is 18.6 Å². The maximum Gasteiger partial charge on any atom is 0.416 e. The zero-order valence-corrected chi connectivity index (χ0v) is 19.0. The number of aliphatic imine (C=N–C) groups is 1. The Labute approximate surface area is 191 Å². The van der Waals surface area contributed by atoms with Crippen LogP contribution in [0, 0.1) is 10.1 Å². The van der Waals surface area contributed by atoms with Crippen LogP contribution in [0.5, 0.6) is 0 Å². The monoisotopic (exact) mass is 454 g/mol. The Kier molecular flexibility index (Phi) is 6.75. The Morgan fingerprint density at radius 1 is 1.18 bits per heavy atom. The molecular weight excluding hydrogens is 428 g/mol. The first kappa shape index (κ1) is 23.8. The van der Waals surface area contributed by atoms with E-state index in [1.165, 1.54) is 30.3 Å². The van der Waals surface area contributed by atoms with Crippen molar-refractivity contribution in [3.63, 3.8) is 0 Å². The summed E-state index contributed by atoms with van der Waals surface area (Å²) in [6.45, 7) is 5.11. The second kappa shape index (κ2) is 9.35. The van der Waals surface area contributed by atoms with Crippen molar-refractivity contribution < 1.29 is 24.0 Å². The largest absolute Gasteiger partial charge is 0.467 e. The fraction of sp³-hybridized carbons (Fsp3) is 0.391. The smallest absolute Gasteiger partial charge is 0.416 e. The molecule has 0 saturated carbocycles. The van der Waals surface area contributed by atoms with Gasteiger partial charge in [-0.25, -0.2) is 14.6 Å². The second-order valence-corrected chi connectivity index (χ2v) is 8.62. The van der Waals surface area contributed by atoms with Crippen LogP contribution in [0.15, 0.2) is 53.7 Å². The van der Waals surface area contributed by atoms with Gasteiger partial charge in [-0.3, -0.25) is 20.0 Å². The quantitative estimate of drug-likeness (QED) is 0.371. The number of pyridine rings is 1. The van der Waals surface area contributed by atoms with Crippen LogP contribution in [0.25, 0.3) is 0 Å². The first-order valence-electron chi connectivity index (χ1n) is 10.4. The summed E-state index contributed by atoms with van der Waals surface area (Å²) in [6.07, 6.45) is 0.931. The molecule has 0 spiro atoms. The molecule has 1 atom stereocenters. The molecule has 2 heterocycles. The number of methoxy groups -OCH3 is 1. The molecular formula is C23H26N4O6. The van der Waals surface area contributed by atoms with Crippen molar-refractivity contribution in [2.45, 2.75) is 44.8 Å². The van der Waals surface area contributed by atoms with Gasteiger partial charge in [0.2, 0.25) is 0 Å². The standard InChI is InChI=1S/C23H26N4O6/c1-22(2,3)33-21(29)26-15-23(20(28)32-4,25-19(26)16-9-6-5-7-10-16)13-12-17-18(27(30)31)11-8-14-24-17/h5-11,14H,12-13,15H2,1-4H3/t23-/m0/s1. The first-order valence-corrected chi connectivity index (χ1v) is 10.4. The minimum absolute atomic E-state index is 0.0488. The van der Waals surface area contributed by atoms with Gasteiger partial charge in [-0.05, 0) is 39.7 Å². The van der Waals surface area contributed by atoms with Crippen molar-refractivity contribution in [3.8, 4) is 0 Å². The molecule has 10 heteroatoms. The lowest BCUT2D eigenvalue weighted by Gasteiger charge is -2.27. The predicted molar refractivity (Wildman–Crippen MR) is 120 cm³/mol. The van der Waals surface area contributed by atoms with Gasteiger partial charge in [0, 0.05) is 17.8 Å². The van der Waals surface area contributed by atoms with E-state index in [9.17, 15) is 19.7 Å². The highest BCUT2D eigenvalue weighted by Gasteiger charge is 2.49. The number of ether oxygens (including phenoxy) is 2. The zero-order chi connectivity index (χ0) is 24.2. The third-order valence-electron chi connectivity index (χ3n) is 5.04. The Morgan fingerprint density at radius 2 is 1.88 bits per heavy atom. The Balaban J connectivity index is 2.01. The summed E-state index contributed by atoms with van der Waals surface area (Å²) in [5.74, 6) is -0.383. The minimum Gasteiger partial charge on any atom is -0.467 e. The maximum absolute atomic E-state index is 13.0. The molecule has 1 aromatic heterocycles. The van der Waals surface area contributed by atoms with Crippen LogP contribution in [0.1, 0.15) is 38.4 Å². The van der Waals surface area contributed by atoms with E-state index in [2.05, 4.69) is 9.98 Å². The molecule has 1 aromatic carbocycles. The number of esters is 1. The van der Waals surface area contributed by atoms with Gasteiger partial charge in [-0.2, -0.15) is 0 Å². The fourth-order valence-electron chi connectivity index (χ4n) is 3.56. The van der Waals surface area contributed by atoms with E-state index in [0.717, 1.165) is 0 Å². The van der Waals surface area contributed by atoms with E-state index in [1.54, 1.807) is 45.0 Å². The number of carbonyl (C=O) groups is 2. The van der Waals surface area contributed by atoms with Crippen LogP contribution in [0.3, 0.4) is 0 Å². The van der Waals surface area contributed by atoms with Crippen molar-refractivity contribution in [1.82, 2.24) is 9.88 Å².